The largest absolute Gasteiger partial charge is 0.508 e. The zero-order valence-electron chi connectivity index (χ0n) is 21.8. The summed E-state index contributed by atoms with van der Waals surface area (Å²) in [5.41, 5.74) is 14.3. The molecule has 0 bridgehead atoms. The van der Waals surface area contributed by atoms with Crippen LogP contribution >= 0.6 is 0 Å². The number of aliphatic hydroxyl groups excluding tert-OH is 2. The number of benzene rings is 3. The quantitative estimate of drug-likeness (QED) is 0.175. The molecule has 8 nitrogen and oxygen atoms in total. The highest BCUT2D eigenvalue weighted by Gasteiger charge is 2.29. The van der Waals surface area contributed by atoms with Crippen LogP contribution in [0.1, 0.15) is 23.1 Å². The number of amides is 2. The minimum absolute atomic E-state index is 0.154. The minimum Gasteiger partial charge on any atom is -0.508 e. The monoisotopic (exact) mass is 531 g/mol. The number of primary amides is 1. The van der Waals surface area contributed by atoms with Crippen LogP contribution in [0.3, 0.4) is 0 Å². The number of aliphatic hydroxyl groups is 2. The Labute approximate surface area is 229 Å². The number of hydrogen-bond acceptors (Lipinski definition) is 6. The molecular formula is C31H37N3O5. The van der Waals surface area contributed by atoms with Crippen LogP contribution in [0.2, 0.25) is 0 Å². The van der Waals surface area contributed by atoms with Gasteiger partial charge in [0.1, 0.15) is 11.8 Å². The standard InChI is InChI=1S/C31H37N3O5/c32-26(19-23-14-16-24(35)17-15-23)29(37)13-7-12-28(36)25(18-21-8-3-1-4-9-21)31(39)34-27(30(33)38)20-22-10-5-2-6-11-22/h1-12,14-17,25-29,35-37H,13,18-20,32H2,(H2,33,38)(H,34,39)/t25-,26+,27+,28+,29+/m1/s1. The summed E-state index contributed by atoms with van der Waals surface area (Å²) in [7, 11) is 0. The molecule has 39 heavy (non-hydrogen) atoms. The molecule has 0 unspecified atom stereocenters. The molecule has 206 valence electrons. The molecule has 0 radical (unpaired) electrons. The molecule has 0 aromatic heterocycles. The first-order valence-electron chi connectivity index (χ1n) is 13.0. The molecule has 0 heterocycles. The van der Waals surface area contributed by atoms with E-state index in [0.29, 0.717) is 6.42 Å². The van der Waals surface area contributed by atoms with Gasteiger partial charge in [0, 0.05) is 12.5 Å². The van der Waals surface area contributed by atoms with Crippen molar-refractivity contribution in [1.29, 1.82) is 0 Å². The highest BCUT2D eigenvalue weighted by Crippen LogP contribution is 2.17. The predicted molar refractivity (Wildman–Crippen MR) is 150 cm³/mol. The summed E-state index contributed by atoms with van der Waals surface area (Å²) >= 11 is 0. The lowest BCUT2D eigenvalue weighted by Crippen LogP contribution is -2.50. The molecule has 0 saturated carbocycles. The van der Waals surface area contributed by atoms with Gasteiger partial charge >= 0.3 is 0 Å². The van der Waals surface area contributed by atoms with Gasteiger partial charge in [-0.2, -0.15) is 0 Å². The second-order valence-corrected chi connectivity index (χ2v) is 9.71. The Bertz CT molecular complexity index is 1200. The molecule has 0 saturated heterocycles. The summed E-state index contributed by atoms with van der Waals surface area (Å²) in [6.07, 6.45) is 2.06. The number of nitrogens with two attached hydrogens (primary N) is 2. The van der Waals surface area contributed by atoms with Gasteiger partial charge in [0.2, 0.25) is 11.8 Å². The second-order valence-electron chi connectivity index (χ2n) is 9.71. The Balaban J connectivity index is 1.66. The molecule has 3 rings (SSSR count). The highest BCUT2D eigenvalue weighted by atomic mass is 16.3. The number of nitrogens with one attached hydrogen (secondary N) is 1. The maximum Gasteiger partial charge on any atom is 0.240 e. The van der Waals surface area contributed by atoms with Crippen LogP contribution in [0, 0.1) is 5.92 Å². The van der Waals surface area contributed by atoms with Gasteiger partial charge in [0.15, 0.2) is 0 Å². The minimum atomic E-state index is -1.18. The van der Waals surface area contributed by atoms with Gasteiger partial charge in [-0.25, -0.2) is 0 Å². The van der Waals surface area contributed by atoms with Gasteiger partial charge in [-0.05, 0) is 48.1 Å². The molecule has 5 atom stereocenters. The Kier molecular flexibility index (Phi) is 11.2. The topological polar surface area (TPSA) is 159 Å². The highest BCUT2D eigenvalue weighted by molar-refractivity contribution is 5.88. The van der Waals surface area contributed by atoms with Crippen molar-refractivity contribution >= 4 is 11.8 Å². The van der Waals surface area contributed by atoms with Gasteiger partial charge in [0.25, 0.3) is 0 Å². The molecule has 3 aromatic rings. The summed E-state index contributed by atoms with van der Waals surface area (Å²) in [6.45, 7) is 0. The van der Waals surface area contributed by atoms with Crippen LogP contribution < -0.4 is 16.8 Å². The van der Waals surface area contributed by atoms with Crippen LogP contribution in [0.15, 0.2) is 97.1 Å². The van der Waals surface area contributed by atoms with Crippen molar-refractivity contribution in [2.45, 2.75) is 50.0 Å². The van der Waals surface area contributed by atoms with Crippen LogP contribution in [0.5, 0.6) is 5.75 Å². The predicted octanol–water partition coefficient (Wildman–Crippen LogP) is 2.00. The Morgan fingerprint density at radius 1 is 0.795 bits per heavy atom. The molecule has 3 aromatic carbocycles. The molecule has 0 spiro atoms. The zero-order chi connectivity index (χ0) is 28.2. The summed E-state index contributed by atoms with van der Waals surface area (Å²) in [4.78, 5) is 25.5. The van der Waals surface area contributed by atoms with E-state index < -0.39 is 42.0 Å². The van der Waals surface area contributed by atoms with Crippen molar-refractivity contribution in [3.63, 3.8) is 0 Å². The normalized spacial score (nSPS) is 15.3. The lowest BCUT2D eigenvalue weighted by atomic mass is 9.91. The van der Waals surface area contributed by atoms with Crippen molar-refractivity contribution in [3.8, 4) is 5.75 Å². The van der Waals surface area contributed by atoms with E-state index in [1.807, 2.05) is 60.7 Å². The average Bonchev–Trinajstić information content (AvgIpc) is 2.93. The number of carbonyl (C=O) groups is 2. The summed E-state index contributed by atoms with van der Waals surface area (Å²) < 4.78 is 0. The van der Waals surface area contributed by atoms with E-state index in [2.05, 4.69) is 5.32 Å². The number of carbonyl (C=O) groups excluding carboxylic acids is 2. The molecule has 0 fully saturated rings. The fraction of sp³-hybridized carbons (Fsp3) is 0.290. The van der Waals surface area contributed by atoms with Crippen molar-refractivity contribution in [2.24, 2.45) is 17.4 Å². The molecule has 0 aliphatic carbocycles. The smallest absolute Gasteiger partial charge is 0.240 e. The third-order valence-electron chi connectivity index (χ3n) is 6.60. The van der Waals surface area contributed by atoms with Crippen LogP contribution in [0.4, 0.5) is 0 Å². The van der Waals surface area contributed by atoms with Crippen LogP contribution in [-0.4, -0.2) is 51.4 Å². The Hall–Kier alpha value is -3.98. The van der Waals surface area contributed by atoms with Gasteiger partial charge in [0.05, 0.1) is 18.1 Å². The van der Waals surface area contributed by atoms with E-state index in [9.17, 15) is 24.9 Å². The van der Waals surface area contributed by atoms with Gasteiger partial charge < -0.3 is 32.1 Å². The molecule has 0 aliphatic rings. The third-order valence-corrected chi connectivity index (χ3v) is 6.60. The molecule has 0 aliphatic heterocycles. The van der Waals surface area contributed by atoms with E-state index in [1.165, 1.54) is 6.08 Å². The number of phenolic OH excluding ortho intramolecular Hbond substituents is 1. The van der Waals surface area contributed by atoms with E-state index in [4.69, 9.17) is 11.5 Å². The zero-order valence-corrected chi connectivity index (χ0v) is 21.8. The Morgan fingerprint density at radius 2 is 1.33 bits per heavy atom. The summed E-state index contributed by atoms with van der Waals surface area (Å²) in [5, 5.41) is 33.6. The van der Waals surface area contributed by atoms with E-state index in [0.717, 1.165) is 16.7 Å². The molecular weight excluding hydrogens is 494 g/mol. The number of hydrogen-bond donors (Lipinski definition) is 6. The lowest BCUT2D eigenvalue weighted by Gasteiger charge is -2.24. The fourth-order valence-corrected chi connectivity index (χ4v) is 4.29. The third kappa shape index (κ3) is 9.68. The second kappa shape index (κ2) is 14.8. The van der Waals surface area contributed by atoms with Crippen molar-refractivity contribution in [2.75, 3.05) is 0 Å². The van der Waals surface area contributed by atoms with Crippen molar-refractivity contribution in [3.05, 3.63) is 114 Å². The van der Waals surface area contributed by atoms with Crippen molar-refractivity contribution in [1.82, 2.24) is 5.32 Å². The first-order chi connectivity index (χ1) is 18.7. The van der Waals surface area contributed by atoms with Crippen molar-refractivity contribution < 1.29 is 24.9 Å². The Morgan fingerprint density at radius 3 is 1.90 bits per heavy atom. The maximum absolute atomic E-state index is 13.3. The molecule has 2 amide bonds. The van der Waals surface area contributed by atoms with E-state index >= 15 is 0 Å². The average molecular weight is 532 g/mol. The fourth-order valence-electron chi connectivity index (χ4n) is 4.29. The van der Waals surface area contributed by atoms with Gasteiger partial charge in [-0.1, -0.05) is 84.9 Å². The van der Waals surface area contributed by atoms with E-state index in [1.54, 1.807) is 30.3 Å². The summed E-state index contributed by atoms with van der Waals surface area (Å²) in [5.74, 6) is -1.91. The number of aromatic hydroxyl groups is 1. The van der Waals surface area contributed by atoms with Gasteiger partial charge in [-0.15, -0.1) is 0 Å². The maximum atomic E-state index is 13.3. The lowest BCUT2D eigenvalue weighted by molar-refractivity contribution is -0.131. The molecule has 8 N–H and O–H groups in total. The SMILES string of the molecule is NC(=O)[C@H](Cc1ccccc1)NC(=O)[C@H](Cc1ccccc1)[C@@H](O)C=CC[C@H](O)[C@@H](N)Cc1ccc(O)cc1. The van der Waals surface area contributed by atoms with Gasteiger partial charge in [-0.3, -0.25) is 9.59 Å². The first-order valence-corrected chi connectivity index (χ1v) is 13.0. The number of phenols is 1. The number of rotatable bonds is 14. The summed E-state index contributed by atoms with van der Waals surface area (Å²) in [6, 6.07) is 23.6. The van der Waals surface area contributed by atoms with Crippen LogP contribution in [-0.2, 0) is 28.9 Å². The van der Waals surface area contributed by atoms with Crippen LogP contribution in [0.25, 0.3) is 0 Å². The first kappa shape index (κ1) is 29.6. The van der Waals surface area contributed by atoms with E-state index in [-0.39, 0.29) is 25.0 Å². The molecule has 8 heteroatoms.